The number of hydrogen-bond acceptors (Lipinski definition) is 3. The molecule has 0 saturated heterocycles. The van der Waals surface area contributed by atoms with Gasteiger partial charge in [-0.2, -0.15) is 0 Å². The number of amides is 1. The minimum absolute atomic E-state index is 0.0164. The second kappa shape index (κ2) is 10.1. The van der Waals surface area contributed by atoms with Crippen LogP contribution in [0.5, 0.6) is 0 Å². The molecule has 1 aromatic heterocycles. The lowest BCUT2D eigenvalue weighted by atomic mass is 10.1. The first kappa shape index (κ1) is 22.3. The number of carbonyl (C=O) groups excluding carboxylic acids is 2. The van der Waals surface area contributed by atoms with Gasteiger partial charge in [0.05, 0.1) is 6.61 Å². The first-order valence-electron chi connectivity index (χ1n) is 10.7. The summed E-state index contributed by atoms with van der Waals surface area (Å²) in [6.07, 6.45) is 0.756. The SMILES string of the molecule is CCOC(=O)c1[nH]c(C)c(CN(CCc2ccccc2)C(=O)c2cccc(C)c2)c1C. The third-order valence-electron chi connectivity index (χ3n) is 5.49. The minimum atomic E-state index is -0.366. The zero-order valence-corrected chi connectivity index (χ0v) is 18.7. The molecule has 5 heteroatoms. The van der Waals surface area contributed by atoms with Crippen LogP contribution < -0.4 is 0 Å². The number of esters is 1. The summed E-state index contributed by atoms with van der Waals surface area (Å²) in [5.74, 6) is -0.382. The van der Waals surface area contributed by atoms with E-state index >= 15 is 0 Å². The Labute approximate surface area is 184 Å². The van der Waals surface area contributed by atoms with Gasteiger partial charge in [0, 0.05) is 24.3 Å². The van der Waals surface area contributed by atoms with Gasteiger partial charge in [0.25, 0.3) is 5.91 Å². The van der Waals surface area contributed by atoms with E-state index in [0.29, 0.717) is 31.0 Å². The highest BCUT2D eigenvalue weighted by Gasteiger charge is 2.23. The Morgan fingerprint density at radius 1 is 1.00 bits per heavy atom. The largest absolute Gasteiger partial charge is 0.461 e. The number of hydrogen-bond donors (Lipinski definition) is 1. The molecule has 0 aliphatic rings. The second-order valence-electron chi connectivity index (χ2n) is 7.78. The monoisotopic (exact) mass is 418 g/mol. The van der Waals surface area contributed by atoms with Gasteiger partial charge < -0.3 is 14.6 Å². The highest BCUT2D eigenvalue weighted by molar-refractivity contribution is 5.94. The fourth-order valence-electron chi connectivity index (χ4n) is 3.75. The van der Waals surface area contributed by atoms with Crippen molar-refractivity contribution in [1.82, 2.24) is 9.88 Å². The van der Waals surface area contributed by atoms with Crippen LogP contribution in [0, 0.1) is 20.8 Å². The molecule has 31 heavy (non-hydrogen) atoms. The molecule has 0 aliphatic carbocycles. The van der Waals surface area contributed by atoms with Crippen molar-refractivity contribution in [2.75, 3.05) is 13.2 Å². The van der Waals surface area contributed by atoms with Gasteiger partial charge in [0.15, 0.2) is 0 Å². The number of aryl methyl sites for hydroxylation is 2. The summed E-state index contributed by atoms with van der Waals surface area (Å²) in [6, 6.07) is 17.8. The number of rotatable bonds is 8. The van der Waals surface area contributed by atoms with E-state index in [9.17, 15) is 9.59 Å². The quantitative estimate of drug-likeness (QED) is 0.524. The van der Waals surface area contributed by atoms with Gasteiger partial charge in [-0.05, 0) is 62.9 Å². The van der Waals surface area contributed by atoms with Gasteiger partial charge in [0.2, 0.25) is 0 Å². The average molecular weight is 419 g/mol. The van der Waals surface area contributed by atoms with Crippen LogP contribution in [0.15, 0.2) is 54.6 Å². The van der Waals surface area contributed by atoms with Crippen LogP contribution in [0.1, 0.15) is 55.7 Å². The summed E-state index contributed by atoms with van der Waals surface area (Å²) < 4.78 is 5.17. The number of ether oxygens (including phenoxy) is 1. The normalized spacial score (nSPS) is 10.7. The topological polar surface area (TPSA) is 62.4 Å². The van der Waals surface area contributed by atoms with Crippen LogP contribution in [0.3, 0.4) is 0 Å². The maximum atomic E-state index is 13.4. The third kappa shape index (κ3) is 5.43. The fourth-order valence-corrected chi connectivity index (χ4v) is 3.75. The Morgan fingerprint density at radius 3 is 2.42 bits per heavy atom. The molecule has 0 atom stereocenters. The van der Waals surface area contributed by atoms with Crippen molar-refractivity contribution in [2.45, 2.75) is 40.7 Å². The minimum Gasteiger partial charge on any atom is -0.461 e. The molecule has 1 heterocycles. The maximum Gasteiger partial charge on any atom is 0.355 e. The number of aromatic nitrogens is 1. The molecule has 0 unspecified atom stereocenters. The number of nitrogens with zero attached hydrogens (tertiary/aromatic N) is 1. The van der Waals surface area contributed by atoms with Gasteiger partial charge >= 0.3 is 5.97 Å². The first-order chi connectivity index (χ1) is 14.9. The van der Waals surface area contributed by atoms with Crippen molar-refractivity contribution >= 4 is 11.9 Å². The first-order valence-corrected chi connectivity index (χ1v) is 10.7. The van der Waals surface area contributed by atoms with Crippen LogP contribution in [-0.2, 0) is 17.7 Å². The molecule has 0 spiro atoms. The lowest BCUT2D eigenvalue weighted by Gasteiger charge is -2.24. The Kier molecular flexibility index (Phi) is 7.29. The van der Waals surface area contributed by atoms with E-state index in [1.807, 2.05) is 68.1 Å². The molecule has 1 N–H and O–H groups in total. The highest BCUT2D eigenvalue weighted by atomic mass is 16.5. The van der Waals surface area contributed by atoms with Crippen LogP contribution in [-0.4, -0.2) is 34.9 Å². The molecule has 0 radical (unpaired) electrons. The molecule has 2 aromatic carbocycles. The fraction of sp³-hybridized carbons (Fsp3) is 0.308. The van der Waals surface area contributed by atoms with Gasteiger partial charge in [-0.15, -0.1) is 0 Å². The molecule has 1 amide bonds. The van der Waals surface area contributed by atoms with Crippen molar-refractivity contribution in [3.05, 3.63) is 93.8 Å². The lowest BCUT2D eigenvalue weighted by Crippen LogP contribution is -2.33. The summed E-state index contributed by atoms with van der Waals surface area (Å²) in [5, 5.41) is 0. The molecule has 0 aliphatic heterocycles. The molecule has 3 rings (SSSR count). The Bertz CT molecular complexity index is 1050. The van der Waals surface area contributed by atoms with Crippen molar-refractivity contribution in [3.63, 3.8) is 0 Å². The standard InChI is InChI=1S/C26H30N2O3/c1-5-31-26(30)24-19(3)23(20(4)27-24)17-28(15-14-21-11-7-6-8-12-21)25(29)22-13-9-10-18(2)16-22/h6-13,16,27H,5,14-15,17H2,1-4H3. The van der Waals surface area contributed by atoms with Crippen molar-refractivity contribution in [3.8, 4) is 0 Å². The highest BCUT2D eigenvalue weighted by Crippen LogP contribution is 2.22. The van der Waals surface area contributed by atoms with Crippen molar-refractivity contribution in [1.29, 1.82) is 0 Å². The van der Waals surface area contributed by atoms with E-state index in [0.717, 1.165) is 28.8 Å². The molecule has 0 fully saturated rings. The number of carbonyl (C=O) groups is 2. The van der Waals surface area contributed by atoms with Crippen LogP contribution in [0.2, 0.25) is 0 Å². The molecular weight excluding hydrogens is 388 g/mol. The molecule has 162 valence electrons. The van der Waals surface area contributed by atoms with Gasteiger partial charge in [0.1, 0.15) is 5.69 Å². The smallest absolute Gasteiger partial charge is 0.355 e. The average Bonchev–Trinajstić information content (AvgIpc) is 3.05. The summed E-state index contributed by atoms with van der Waals surface area (Å²) in [7, 11) is 0. The van der Waals surface area contributed by atoms with E-state index in [1.165, 1.54) is 5.56 Å². The Hall–Kier alpha value is -3.34. The maximum absolute atomic E-state index is 13.4. The molecule has 0 bridgehead atoms. The summed E-state index contributed by atoms with van der Waals surface area (Å²) >= 11 is 0. The van der Waals surface area contributed by atoms with Gasteiger partial charge in [-0.25, -0.2) is 4.79 Å². The zero-order valence-electron chi connectivity index (χ0n) is 18.7. The predicted molar refractivity (Wildman–Crippen MR) is 122 cm³/mol. The number of nitrogens with one attached hydrogen (secondary N) is 1. The predicted octanol–water partition coefficient (Wildman–Crippen LogP) is 5.00. The van der Waals surface area contributed by atoms with E-state index in [-0.39, 0.29) is 11.9 Å². The molecule has 5 nitrogen and oxygen atoms in total. The Balaban J connectivity index is 1.89. The summed E-state index contributed by atoms with van der Waals surface area (Å²) in [6.45, 7) is 8.92. The number of H-pyrrole nitrogens is 1. The van der Waals surface area contributed by atoms with Crippen LogP contribution in [0.25, 0.3) is 0 Å². The molecule has 0 saturated carbocycles. The summed E-state index contributed by atoms with van der Waals surface area (Å²) in [5.41, 5.74) is 6.02. The zero-order chi connectivity index (χ0) is 22.4. The summed E-state index contributed by atoms with van der Waals surface area (Å²) in [4.78, 5) is 30.7. The van der Waals surface area contributed by atoms with Gasteiger partial charge in [-0.3, -0.25) is 4.79 Å². The third-order valence-corrected chi connectivity index (χ3v) is 5.49. The van der Waals surface area contributed by atoms with Crippen molar-refractivity contribution < 1.29 is 14.3 Å². The number of aromatic amines is 1. The van der Waals surface area contributed by atoms with E-state index in [1.54, 1.807) is 6.92 Å². The second-order valence-corrected chi connectivity index (χ2v) is 7.78. The molecule has 3 aromatic rings. The Morgan fingerprint density at radius 2 is 1.74 bits per heavy atom. The van der Waals surface area contributed by atoms with E-state index in [2.05, 4.69) is 17.1 Å². The number of benzene rings is 2. The van der Waals surface area contributed by atoms with E-state index < -0.39 is 0 Å². The van der Waals surface area contributed by atoms with Crippen LogP contribution >= 0.6 is 0 Å². The van der Waals surface area contributed by atoms with E-state index in [4.69, 9.17) is 4.74 Å². The van der Waals surface area contributed by atoms with Crippen LogP contribution in [0.4, 0.5) is 0 Å². The lowest BCUT2D eigenvalue weighted by molar-refractivity contribution is 0.0519. The van der Waals surface area contributed by atoms with Crippen molar-refractivity contribution in [2.24, 2.45) is 0 Å². The van der Waals surface area contributed by atoms with Gasteiger partial charge in [-0.1, -0.05) is 48.0 Å². The molecular formula is C26H30N2O3.